The summed E-state index contributed by atoms with van der Waals surface area (Å²) in [6.45, 7) is 19.7. The molecule has 0 radical (unpaired) electrons. The molecule has 2 N–H and O–H groups in total. The fraction of sp³-hybridized carbons (Fsp3) is 0.667. The van der Waals surface area contributed by atoms with Crippen LogP contribution in [0.5, 0.6) is 11.5 Å². The fourth-order valence-corrected chi connectivity index (χ4v) is 3.25. The predicted molar refractivity (Wildman–Crippen MR) is 150 cm³/mol. The molecule has 0 heterocycles. The van der Waals surface area contributed by atoms with Crippen LogP contribution in [0.3, 0.4) is 0 Å². The van der Waals surface area contributed by atoms with Crippen molar-refractivity contribution in [2.24, 2.45) is 16.6 Å². The van der Waals surface area contributed by atoms with Gasteiger partial charge in [-0.2, -0.15) is 0 Å². The molecule has 226 valence electrons. The molecule has 0 aliphatic heterocycles. The molecular weight excluding hydrogens is 518 g/mol. The summed E-state index contributed by atoms with van der Waals surface area (Å²) in [7, 11) is 0. The van der Waals surface area contributed by atoms with Crippen LogP contribution < -0.4 is 15.2 Å². The second kappa shape index (κ2) is 14.0. The monoisotopic (exact) mass is 565 g/mol. The topological polar surface area (TPSA) is 140 Å². The van der Waals surface area contributed by atoms with Crippen molar-refractivity contribution < 1.29 is 42.9 Å². The highest BCUT2D eigenvalue weighted by Crippen LogP contribution is 2.32. The van der Waals surface area contributed by atoms with Gasteiger partial charge in [-0.25, -0.2) is 4.79 Å². The minimum atomic E-state index is -1.07. The Bertz CT molecular complexity index is 1040. The molecule has 1 rings (SSSR count). The molecule has 10 nitrogen and oxygen atoms in total. The first-order valence-electron chi connectivity index (χ1n) is 13.4. The predicted octanol–water partition coefficient (Wildman–Crippen LogP) is 5.51. The largest absolute Gasteiger partial charge is 0.509 e. The summed E-state index contributed by atoms with van der Waals surface area (Å²) < 4.78 is 26.8. The van der Waals surface area contributed by atoms with Crippen LogP contribution in [-0.2, 0) is 35.0 Å². The van der Waals surface area contributed by atoms with Crippen LogP contribution in [0.2, 0.25) is 0 Å². The van der Waals surface area contributed by atoms with Crippen LogP contribution in [0.4, 0.5) is 4.79 Å². The molecule has 10 heteroatoms. The van der Waals surface area contributed by atoms with E-state index in [1.165, 1.54) is 12.1 Å². The number of rotatable bonds is 10. The van der Waals surface area contributed by atoms with E-state index in [0.29, 0.717) is 5.56 Å². The molecule has 0 saturated carbocycles. The van der Waals surface area contributed by atoms with Crippen molar-refractivity contribution in [1.82, 2.24) is 0 Å². The van der Waals surface area contributed by atoms with Crippen molar-refractivity contribution in [2.45, 2.75) is 119 Å². The van der Waals surface area contributed by atoms with E-state index in [-0.39, 0.29) is 41.6 Å². The minimum Gasteiger partial charge on any atom is -0.458 e. The number of carbonyl (C=O) groups excluding carboxylic acids is 4. The van der Waals surface area contributed by atoms with Gasteiger partial charge in [0, 0.05) is 0 Å². The normalized spacial score (nSPS) is 14.4. The lowest BCUT2D eigenvalue weighted by molar-refractivity contribution is -0.156. The maximum atomic E-state index is 12.7. The van der Waals surface area contributed by atoms with Gasteiger partial charge in [0.15, 0.2) is 11.5 Å². The summed E-state index contributed by atoms with van der Waals surface area (Å²) in [4.78, 5) is 49.6. The zero-order valence-electron chi connectivity index (χ0n) is 25.8. The molecule has 0 aliphatic rings. The van der Waals surface area contributed by atoms with Crippen LogP contribution in [-0.4, -0.2) is 47.9 Å². The number of carbonyl (C=O) groups is 4. The molecule has 0 unspecified atom stereocenters. The molecule has 0 fully saturated rings. The first kappa shape index (κ1) is 34.9. The van der Waals surface area contributed by atoms with Crippen LogP contribution in [0.15, 0.2) is 18.2 Å². The second-order valence-corrected chi connectivity index (χ2v) is 13.4. The van der Waals surface area contributed by atoms with E-state index >= 15 is 0 Å². The van der Waals surface area contributed by atoms with Gasteiger partial charge in [-0.15, -0.1) is 0 Å². The second-order valence-electron chi connectivity index (χ2n) is 13.4. The van der Waals surface area contributed by atoms with Crippen molar-refractivity contribution in [2.75, 3.05) is 0 Å². The number of hydrogen-bond donors (Lipinski definition) is 1. The van der Waals surface area contributed by atoms with Crippen LogP contribution in [0, 0.1) is 10.8 Å². The lowest BCUT2D eigenvalue weighted by Gasteiger charge is -2.24. The average molecular weight is 566 g/mol. The molecular formula is C30H47NO9. The van der Waals surface area contributed by atoms with Crippen molar-refractivity contribution in [1.29, 1.82) is 0 Å². The number of benzene rings is 1. The van der Waals surface area contributed by atoms with Crippen LogP contribution >= 0.6 is 0 Å². The summed E-state index contributed by atoms with van der Waals surface area (Å²) in [5, 5.41) is 0. The number of ether oxygens (including phenoxy) is 5. The number of nitrogens with two attached hydrogens (primary N) is 1. The van der Waals surface area contributed by atoms with Gasteiger partial charge in [0.2, 0.25) is 0 Å². The smallest absolute Gasteiger partial charge is 0.458 e. The molecule has 3 atom stereocenters. The van der Waals surface area contributed by atoms with E-state index in [9.17, 15) is 19.2 Å². The Hall–Kier alpha value is -3.14. The third-order valence-corrected chi connectivity index (χ3v) is 5.20. The lowest BCUT2D eigenvalue weighted by atomic mass is 9.92. The maximum Gasteiger partial charge on any atom is 0.509 e. The Labute approximate surface area is 238 Å². The summed E-state index contributed by atoms with van der Waals surface area (Å²) in [5.41, 5.74) is 5.34. The van der Waals surface area contributed by atoms with Gasteiger partial charge in [-0.05, 0) is 69.6 Å². The van der Waals surface area contributed by atoms with Gasteiger partial charge in [0.1, 0.15) is 23.9 Å². The maximum absolute atomic E-state index is 12.7. The first-order valence-corrected chi connectivity index (χ1v) is 13.4. The highest BCUT2D eigenvalue weighted by atomic mass is 16.7. The van der Waals surface area contributed by atoms with E-state index in [1.54, 1.807) is 40.7 Å². The van der Waals surface area contributed by atoms with Gasteiger partial charge in [0.25, 0.3) is 0 Å². The van der Waals surface area contributed by atoms with E-state index in [0.717, 1.165) is 0 Å². The van der Waals surface area contributed by atoms with Crippen LogP contribution in [0.25, 0.3) is 0 Å². The quantitative estimate of drug-likeness (QED) is 0.285. The zero-order chi connectivity index (χ0) is 31.1. The van der Waals surface area contributed by atoms with Crippen molar-refractivity contribution in [3.63, 3.8) is 0 Å². The van der Waals surface area contributed by atoms with E-state index in [2.05, 4.69) is 0 Å². The summed E-state index contributed by atoms with van der Waals surface area (Å²) in [6.07, 6.45) is -2.09. The van der Waals surface area contributed by atoms with Gasteiger partial charge in [-0.3, -0.25) is 14.4 Å². The molecule has 0 aromatic heterocycles. The van der Waals surface area contributed by atoms with Crippen LogP contribution in [0.1, 0.15) is 94.6 Å². The lowest BCUT2D eigenvalue weighted by Crippen LogP contribution is -2.40. The fourth-order valence-electron chi connectivity index (χ4n) is 3.25. The summed E-state index contributed by atoms with van der Waals surface area (Å²) >= 11 is 0. The standard InChI is InChI=1S/C30H47NO9/c1-18(19(2)37-27(35)40-30(9,10)11)36-26(34)21(31)14-20-12-13-22(38-24(32)16-28(3,4)5)23(15-20)39-25(33)17-29(6,7)8/h12-13,15,18-19,21H,14,16-17,31H2,1-11H3/t18-,19-,21-/m0/s1. The minimum absolute atomic E-state index is 0.0485. The van der Waals surface area contributed by atoms with E-state index in [1.807, 2.05) is 41.5 Å². The third kappa shape index (κ3) is 14.3. The third-order valence-electron chi connectivity index (χ3n) is 5.20. The highest BCUT2D eigenvalue weighted by Gasteiger charge is 2.27. The highest BCUT2D eigenvalue weighted by molar-refractivity contribution is 5.78. The Morgan fingerprint density at radius 2 is 1.23 bits per heavy atom. The Kier molecular flexibility index (Phi) is 12.2. The van der Waals surface area contributed by atoms with E-state index in [4.69, 9.17) is 29.4 Å². The van der Waals surface area contributed by atoms with E-state index < -0.39 is 47.9 Å². The van der Waals surface area contributed by atoms with Crippen molar-refractivity contribution >= 4 is 24.1 Å². The molecule has 40 heavy (non-hydrogen) atoms. The average Bonchev–Trinajstić information content (AvgIpc) is 2.71. The molecule has 0 amide bonds. The molecule has 0 aliphatic carbocycles. The van der Waals surface area contributed by atoms with Gasteiger partial charge in [-0.1, -0.05) is 47.6 Å². The zero-order valence-corrected chi connectivity index (χ0v) is 25.8. The Morgan fingerprint density at radius 1 is 0.750 bits per heavy atom. The molecule has 1 aromatic carbocycles. The van der Waals surface area contributed by atoms with Gasteiger partial charge in [0.05, 0.1) is 12.8 Å². The molecule has 0 bridgehead atoms. The van der Waals surface area contributed by atoms with Crippen molar-refractivity contribution in [3.05, 3.63) is 23.8 Å². The van der Waals surface area contributed by atoms with Gasteiger partial charge >= 0.3 is 24.1 Å². The summed E-state index contributed by atoms with van der Waals surface area (Å²) in [5.74, 6) is -1.51. The molecule has 0 saturated heterocycles. The Balaban J connectivity index is 2.98. The summed E-state index contributed by atoms with van der Waals surface area (Å²) in [6, 6.07) is 3.59. The Morgan fingerprint density at radius 3 is 1.70 bits per heavy atom. The first-order chi connectivity index (χ1) is 18.0. The van der Waals surface area contributed by atoms with Gasteiger partial charge < -0.3 is 29.4 Å². The molecule has 0 spiro atoms. The molecule has 1 aromatic rings. The number of hydrogen-bond acceptors (Lipinski definition) is 10. The SMILES string of the molecule is C[C@H](OC(=O)OC(C)(C)C)[C@H](C)OC(=O)[C@@H](N)Cc1ccc(OC(=O)CC(C)(C)C)c(OC(=O)CC(C)(C)C)c1. The van der Waals surface area contributed by atoms with Crippen molar-refractivity contribution in [3.8, 4) is 11.5 Å². The number of esters is 3.